The largest absolute Gasteiger partial charge is 0.490 e. The van der Waals surface area contributed by atoms with Gasteiger partial charge in [-0.15, -0.1) is 0 Å². The second-order valence-electron chi connectivity index (χ2n) is 8.44. The van der Waals surface area contributed by atoms with E-state index in [1.54, 1.807) is 16.9 Å². The van der Waals surface area contributed by atoms with E-state index < -0.39 is 12.1 Å². The molecule has 4 heterocycles. The van der Waals surface area contributed by atoms with Crippen LogP contribution in [0.25, 0.3) is 0 Å². The summed E-state index contributed by atoms with van der Waals surface area (Å²) in [6.45, 7) is 5.03. The minimum absolute atomic E-state index is 0.0807. The van der Waals surface area contributed by atoms with Crippen LogP contribution in [0.2, 0.25) is 0 Å². The molecule has 0 aliphatic carbocycles. The number of aliphatic carboxylic acids is 1. The molecule has 3 aliphatic heterocycles. The van der Waals surface area contributed by atoms with Crippen molar-refractivity contribution in [1.82, 2.24) is 19.6 Å². The number of amides is 1. The first-order valence-electron chi connectivity index (χ1n) is 10.6. The number of ether oxygens (including phenoxy) is 1. The van der Waals surface area contributed by atoms with Gasteiger partial charge in [0.05, 0.1) is 18.2 Å². The number of hydrogen-bond acceptors (Lipinski definition) is 5. The van der Waals surface area contributed by atoms with Crippen molar-refractivity contribution in [1.29, 1.82) is 0 Å². The number of likely N-dealkylation sites (tertiary alicyclic amines) is 2. The Bertz CT molecular complexity index is 779. The summed E-state index contributed by atoms with van der Waals surface area (Å²) in [6.07, 6.45) is 4.01. The monoisotopic (exact) mass is 446 g/mol. The van der Waals surface area contributed by atoms with Gasteiger partial charge >= 0.3 is 12.1 Å². The molecular weight excluding hydrogens is 417 g/mol. The fourth-order valence-electron chi connectivity index (χ4n) is 4.57. The lowest BCUT2D eigenvalue weighted by atomic mass is 9.90. The van der Waals surface area contributed by atoms with Gasteiger partial charge in [-0.05, 0) is 57.7 Å². The minimum Gasteiger partial charge on any atom is -0.475 e. The van der Waals surface area contributed by atoms with E-state index in [9.17, 15) is 18.0 Å². The quantitative estimate of drug-likeness (QED) is 0.767. The Morgan fingerprint density at radius 2 is 1.90 bits per heavy atom. The summed E-state index contributed by atoms with van der Waals surface area (Å²) < 4.78 is 40.0. The van der Waals surface area contributed by atoms with Gasteiger partial charge in [-0.3, -0.25) is 9.48 Å². The number of carboxylic acid groups (broad SMARTS) is 1. The Balaban J connectivity index is 0.000000339. The van der Waals surface area contributed by atoms with E-state index in [1.807, 2.05) is 11.9 Å². The van der Waals surface area contributed by atoms with E-state index in [-0.39, 0.29) is 11.5 Å². The molecule has 11 heteroatoms. The lowest BCUT2D eigenvalue weighted by Crippen LogP contribution is -2.47. The van der Waals surface area contributed by atoms with Gasteiger partial charge in [0.1, 0.15) is 5.69 Å². The van der Waals surface area contributed by atoms with E-state index in [1.165, 1.54) is 32.4 Å². The molecule has 3 saturated heterocycles. The zero-order chi connectivity index (χ0) is 22.6. The number of rotatable bonds is 3. The average molecular weight is 446 g/mol. The molecule has 8 nitrogen and oxygen atoms in total. The summed E-state index contributed by atoms with van der Waals surface area (Å²) in [4.78, 5) is 26.1. The van der Waals surface area contributed by atoms with E-state index in [2.05, 4.69) is 10.00 Å². The summed E-state index contributed by atoms with van der Waals surface area (Å²) in [5.74, 6) is -2.68. The summed E-state index contributed by atoms with van der Waals surface area (Å²) in [5, 5.41) is 11.2. The maximum atomic E-state index is 12.7. The van der Waals surface area contributed by atoms with Crippen LogP contribution in [0, 0.1) is 0 Å². The summed E-state index contributed by atoms with van der Waals surface area (Å²) >= 11 is 0. The number of aryl methyl sites for hydroxylation is 1. The number of carboxylic acids is 1. The van der Waals surface area contributed by atoms with Gasteiger partial charge in [-0.1, -0.05) is 0 Å². The van der Waals surface area contributed by atoms with Gasteiger partial charge < -0.3 is 19.6 Å². The van der Waals surface area contributed by atoms with Crippen LogP contribution in [-0.4, -0.2) is 87.2 Å². The molecule has 0 unspecified atom stereocenters. The number of nitrogens with zero attached hydrogens (tertiary/aromatic N) is 4. The van der Waals surface area contributed by atoms with Crippen molar-refractivity contribution >= 4 is 11.9 Å². The number of carbonyl (C=O) groups is 2. The van der Waals surface area contributed by atoms with Crippen LogP contribution >= 0.6 is 0 Å². The van der Waals surface area contributed by atoms with Crippen LogP contribution < -0.4 is 0 Å². The fraction of sp³-hybridized carbons (Fsp3) is 0.750. The lowest BCUT2D eigenvalue weighted by Gasteiger charge is -2.40. The third-order valence-electron chi connectivity index (χ3n) is 6.12. The van der Waals surface area contributed by atoms with E-state index in [4.69, 9.17) is 14.6 Å². The molecule has 31 heavy (non-hydrogen) atoms. The van der Waals surface area contributed by atoms with Crippen LogP contribution in [-0.2, 0) is 16.6 Å². The van der Waals surface area contributed by atoms with Crippen molar-refractivity contribution < 1.29 is 32.6 Å². The molecule has 3 fully saturated rings. The molecule has 0 aromatic carbocycles. The molecule has 1 aromatic heterocycles. The Hall–Kier alpha value is -2.14. The molecule has 3 aliphatic rings. The van der Waals surface area contributed by atoms with E-state index >= 15 is 0 Å². The first-order chi connectivity index (χ1) is 14.6. The molecule has 1 aromatic rings. The Morgan fingerprint density at radius 1 is 1.23 bits per heavy atom. The highest BCUT2D eigenvalue weighted by molar-refractivity contribution is 5.92. The molecular formula is C20H29F3N4O4. The Kier molecular flexibility index (Phi) is 7.25. The van der Waals surface area contributed by atoms with Gasteiger partial charge in [-0.25, -0.2) is 4.79 Å². The molecule has 174 valence electrons. The zero-order valence-electron chi connectivity index (χ0n) is 17.6. The Morgan fingerprint density at radius 3 is 2.48 bits per heavy atom. The molecule has 0 saturated carbocycles. The van der Waals surface area contributed by atoms with Crippen LogP contribution in [0.3, 0.4) is 0 Å². The highest BCUT2D eigenvalue weighted by Gasteiger charge is 2.45. The second kappa shape index (κ2) is 9.56. The second-order valence-corrected chi connectivity index (χ2v) is 8.44. The van der Waals surface area contributed by atoms with E-state index in [0.717, 1.165) is 38.9 Å². The van der Waals surface area contributed by atoms with Crippen molar-refractivity contribution in [3.8, 4) is 0 Å². The van der Waals surface area contributed by atoms with Crippen LogP contribution in [0.1, 0.15) is 49.0 Å². The lowest BCUT2D eigenvalue weighted by molar-refractivity contribution is -0.192. The van der Waals surface area contributed by atoms with Crippen molar-refractivity contribution in [3.05, 3.63) is 18.0 Å². The van der Waals surface area contributed by atoms with Crippen LogP contribution in [0.4, 0.5) is 13.2 Å². The zero-order valence-corrected chi connectivity index (χ0v) is 17.6. The standard InChI is InChI=1S/C18H28N4O2.C2HF3O2/c1-20-16(6-9-19-20)17(23)22-12-8-18(14-22)7-4-5-15(24-18)13-21-10-2-3-11-21;3-2(4,5)1(6)7/h6,9,15H,2-5,7-8,10-14H2,1H3;(H,6,7)/t15-,18-;/m1./s1. The third kappa shape index (κ3) is 5.97. The highest BCUT2D eigenvalue weighted by atomic mass is 19.4. The number of carbonyl (C=O) groups excluding carboxylic acids is 1. The van der Waals surface area contributed by atoms with Crippen molar-refractivity contribution in [3.63, 3.8) is 0 Å². The van der Waals surface area contributed by atoms with Crippen molar-refractivity contribution in [2.45, 2.75) is 56.4 Å². The maximum absolute atomic E-state index is 12.7. The number of hydrogen-bond donors (Lipinski definition) is 1. The predicted molar refractivity (Wildman–Crippen MR) is 105 cm³/mol. The van der Waals surface area contributed by atoms with Gasteiger partial charge in [0.2, 0.25) is 0 Å². The van der Waals surface area contributed by atoms with Gasteiger partial charge in [0.15, 0.2) is 0 Å². The van der Waals surface area contributed by atoms with E-state index in [0.29, 0.717) is 11.8 Å². The van der Waals surface area contributed by atoms with Crippen molar-refractivity contribution in [2.24, 2.45) is 7.05 Å². The maximum Gasteiger partial charge on any atom is 0.490 e. The third-order valence-corrected chi connectivity index (χ3v) is 6.12. The van der Waals surface area contributed by atoms with Gasteiger partial charge in [-0.2, -0.15) is 18.3 Å². The average Bonchev–Trinajstić information content (AvgIpc) is 3.44. The van der Waals surface area contributed by atoms with Crippen molar-refractivity contribution in [2.75, 3.05) is 32.7 Å². The summed E-state index contributed by atoms with van der Waals surface area (Å²) in [7, 11) is 1.82. The molecule has 1 spiro atoms. The van der Waals surface area contributed by atoms with Gasteiger partial charge in [0, 0.05) is 26.3 Å². The number of aromatic nitrogens is 2. The summed E-state index contributed by atoms with van der Waals surface area (Å²) in [6, 6.07) is 1.80. The first-order valence-corrected chi connectivity index (χ1v) is 10.6. The topological polar surface area (TPSA) is 87.9 Å². The smallest absolute Gasteiger partial charge is 0.475 e. The number of halogens is 3. The molecule has 4 rings (SSSR count). The fourth-order valence-corrected chi connectivity index (χ4v) is 4.57. The predicted octanol–water partition coefficient (Wildman–Crippen LogP) is 2.30. The van der Waals surface area contributed by atoms with Crippen LogP contribution in [0.15, 0.2) is 12.3 Å². The molecule has 1 N–H and O–H groups in total. The highest BCUT2D eigenvalue weighted by Crippen LogP contribution is 2.37. The SMILES string of the molecule is Cn1nccc1C(=O)N1CC[C@]2(CCC[C@H](CN3CCCC3)O2)C1.O=C(O)C(F)(F)F. The molecule has 0 bridgehead atoms. The minimum atomic E-state index is -5.08. The number of alkyl halides is 3. The Labute approximate surface area is 178 Å². The van der Waals surface area contributed by atoms with Crippen LogP contribution in [0.5, 0.6) is 0 Å². The normalized spacial score (nSPS) is 26.7. The molecule has 0 radical (unpaired) electrons. The molecule has 1 amide bonds. The summed E-state index contributed by atoms with van der Waals surface area (Å²) in [5.41, 5.74) is 0.549. The van der Waals surface area contributed by atoms with Gasteiger partial charge in [0.25, 0.3) is 5.91 Å². The molecule has 2 atom stereocenters. The first kappa shape index (κ1) is 23.5.